The molecule has 0 radical (unpaired) electrons. The van der Waals surface area contributed by atoms with E-state index in [1.807, 2.05) is 36.6 Å². The molecule has 1 aromatic heterocycles. The molecule has 0 saturated heterocycles. The number of nitrogen functional groups attached to an aromatic ring is 1. The number of aryl methyl sites for hydroxylation is 1. The van der Waals surface area contributed by atoms with E-state index in [2.05, 4.69) is 4.98 Å². The van der Waals surface area contributed by atoms with Crippen LogP contribution in [-0.2, 0) is 11.3 Å². The molecule has 0 bridgehead atoms. The van der Waals surface area contributed by atoms with Crippen molar-refractivity contribution in [3.63, 3.8) is 0 Å². The Hall–Kier alpha value is -1.75. The Morgan fingerprint density at radius 1 is 1.37 bits per heavy atom. The fraction of sp³-hybridized carbons (Fsp3) is 0.500. The Bertz CT molecular complexity index is 549. The number of nitrogens with zero attached hydrogens (tertiary/aromatic N) is 2. The number of fused-ring (bicyclic) bond motifs is 1. The minimum Gasteiger partial charge on any atom is -0.489 e. The molecule has 0 saturated carbocycles. The summed E-state index contributed by atoms with van der Waals surface area (Å²) in [5.41, 5.74) is 7.82. The number of nitrogens with two attached hydrogens (primary N) is 1. The zero-order valence-corrected chi connectivity index (χ0v) is 11.7. The summed E-state index contributed by atoms with van der Waals surface area (Å²) in [7, 11) is 1.70. The minimum atomic E-state index is 0.116. The summed E-state index contributed by atoms with van der Waals surface area (Å²) >= 11 is 0. The third-order valence-corrected chi connectivity index (χ3v) is 2.86. The fourth-order valence-corrected chi connectivity index (χ4v) is 2.09. The molecule has 2 aromatic rings. The highest BCUT2D eigenvalue weighted by Crippen LogP contribution is 2.27. The minimum absolute atomic E-state index is 0.116. The molecule has 1 aromatic carbocycles. The van der Waals surface area contributed by atoms with Gasteiger partial charge in [-0.25, -0.2) is 4.98 Å². The first kappa shape index (κ1) is 13.7. The van der Waals surface area contributed by atoms with Crippen LogP contribution in [-0.4, -0.2) is 29.4 Å². The standard InChI is InChI=1S/C14H21N3O2/c1-10(2)19-12-7-4-6-11-13(12)16-14(15)17(11)8-5-9-18-3/h4,6-7,10H,5,8-9H2,1-3H3,(H2,15,16). The molecule has 104 valence electrons. The van der Waals surface area contributed by atoms with Crippen molar-refractivity contribution < 1.29 is 9.47 Å². The highest BCUT2D eigenvalue weighted by Gasteiger charge is 2.12. The summed E-state index contributed by atoms with van der Waals surface area (Å²) in [6.45, 7) is 5.50. The zero-order valence-electron chi connectivity index (χ0n) is 11.7. The number of hydrogen-bond acceptors (Lipinski definition) is 4. The molecule has 0 amide bonds. The van der Waals surface area contributed by atoms with E-state index in [1.54, 1.807) is 7.11 Å². The predicted octanol–water partition coefficient (Wildman–Crippen LogP) is 2.44. The number of rotatable bonds is 6. The quantitative estimate of drug-likeness (QED) is 0.813. The monoisotopic (exact) mass is 263 g/mol. The van der Waals surface area contributed by atoms with Crippen LogP contribution in [0.1, 0.15) is 20.3 Å². The van der Waals surface area contributed by atoms with Crippen LogP contribution in [0.15, 0.2) is 18.2 Å². The Balaban J connectivity index is 2.35. The molecule has 0 unspecified atom stereocenters. The van der Waals surface area contributed by atoms with Crippen molar-refractivity contribution in [1.29, 1.82) is 0 Å². The lowest BCUT2D eigenvalue weighted by molar-refractivity contribution is 0.191. The van der Waals surface area contributed by atoms with Gasteiger partial charge in [0.1, 0.15) is 11.3 Å². The third-order valence-electron chi connectivity index (χ3n) is 2.86. The summed E-state index contributed by atoms with van der Waals surface area (Å²) in [5.74, 6) is 1.30. The molecule has 0 aliphatic rings. The second-order valence-electron chi connectivity index (χ2n) is 4.76. The van der Waals surface area contributed by atoms with Crippen LogP contribution in [0, 0.1) is 0 Å². The number of para-hydroxylation sites is 1. The summed E-state index contributed by atoms with van der Waals surface area (Å²) in [6.07, 6.45) is 1.02. The smallest absolute Gasteiger partial charge is 0.201 e. The fourth-order valence-electron chi connectivity index (χ4n) is 2.09. The van der Waals surface area contributed by atoms with Crippen molar-refractivity contribution in [2.24, 2.45) is 0 Å². The van der Waals surface area contributed by atoms with Gasteiger partial charge < -0.3 is 19.8 Å². The number of anilines is 1. The Morgan fingerprint density at radius 3 is 2.84 bits per heavy atom. The molecule has 5 heteroatoms. The molecule has 2 N–H and O–H groups in total. The van der Waals surface area contributed by atoms with E-state index in [4.69, 9.17) is 15.2 Å². The molecule has 1 heterocycles. The van der Waals surface area contributed by atoms with Crippen LogP contribution in [0.5, 0.6) is 5.75 Å². The van der Waals surface area contributed by atoms with E-state index in [0.717, 1.165) is 29.7 Å². The van der Waals surface area contributed by atoms with Crippen molar-refractivity contribution in [3.8, 4) is 5.75 Å². The van der Waals surface area contributed by atoms with Crippen LogP contribution in [0.3, 0.4) is 0 Å². The Labute approximate surface area is 113 Å². The third kappa shape index (κ3) is 2.98. The topological polar surface area (TPSA) is 62.3 Å². The van der Waals surface area contributed by atoms with E-state index < -0.39 is 0 Å². The van der Waals surface area contributed by atoms with Gasteiger partial charge in [0.05, 0.1) is 11.6 Å². The van der Waals surface area contributed by atoms with Crippen LogP contribution in [0.2, 0.25) is 0 Å². The average molecular weight is 263 g/mol. The second kappa shape index (κ2) is 5.93. The van der Waals surface area contributed by atoms with Crippen LogP contribution >= 0.6 is 0 Å². The van der Waals surface area contributed by atoms with E-state index >= 15 is 0 Å². The molecule has 5 nitrogen and oxygen atoms in total. The largest absolute Gasteiger partial charge is 0.489 e. The summed E-state index contributed by atoms with van der Waals surface area (Å²) in [4.78, 5) is 4.42. The lowest BCUT2D eigenvalue weighted by atomic mass is 10.3. The second-order valence-corrected chi connectivity index (χ2v) is 4.76. The van der Waals surface area contributed by atoms with Crippen molar-refractivity contribution in [1.82, 2.24) is 9.55 Å². The van der Waals surface area contributed by atoms with Gasteiger partial charge in [0.2, 0.25) is 5.95 Å². The van der Waals surface area contributed by atoms with Gasteiger partial charge in [0.25, 0.3) is 0 Å². The van der Waals surface area contributed by atoms with Gasteiger partial charge in [-0.2, -0.15) is 0 Å². The molecule has 19 heavy (non-hydrogen) atoms. The first-order valence-electron chi connectivity index (χ1n) is 6.53. The average Bonchev–Trinajstić information content (AvgIpc) is 2.67. The van der Waals surface area contributed by atoms with E-state index in [0.29, 0.717) is 12.6 Å². The predicted molar refractivity (Wildman–Crippen MR) is 76.4 cm³/mol. The van der Waals surface area contributed by atoms with Crippen molar-refractivity contribution in [2.75, 3.05) is 19.5 Å². The first-order chi connectivity index (χ1) is 9.13. The van der Waals surface area contributed by atoms with Crippen molar-refractivity contribution >= 4 is 17.0 Å². The van der Waals surface area contributed by atoms with Gasteiger partial charge in [-0.05, 0) is 32.4 Å². The summed E-state index contributed by atoms with van der Waals surface area (Å²) in [6, 6.07) is 5.90. The molecule has 0 atom stereocenters. The molecule has 0 aliphatic carbocycles. The Morgan fingerprint density at radius 2 is 2.16 bits per heavy atom. The zero-order chi connectivity index (χ0) is 13.8. The normalized spacial score (nSPS) is 11.4. The maximum absolute atomic E-state index is 5.99. The van der Waals surface area contributed by atoms with Gasteiger partial charge in [-0.1, -0.05) is 6.07 Å². The van der Waals surface area contributed by atoms with E-state index in [9.17, 15) is 0 Å². The number of benzene rings is 1. The van der Waals surface area contributed by atoms with Crippen LogP contribution in [0.25, 0.3) is 11.0 Å². The van der Waals surface area contributed by atoms with Gasteiger partial charge in [0, 0.05) is 20.3 Å². The summed E-state index contributed by atoms with van der Waals surface area (Å²) < 4.78 is 12.8. The maximum atomic E-state index is 5.99. The molecule has 0 aliphatic heterocycles. The van der Waals surface area contributed by atoms with Gasteiger partial charge >= 0.3 is 0 Å². The number of methoxy groups -OCH3 is 1. The highest BCUT2D eigenvalue weighted by atomic mass is 16.5. The van der Waals surface area contributed by atoms with Gasteiger partial charge in [-0.15, -0.1) is 0 Å². The highest BCUT2D eigenvalue weighted by molar-refractivity contribution is 5.84. The lowest BCUT2D eigenvalue weighted by Gasteiger charge is -2.10. The summed E-state index contributed by atoms with van der Waals surface area (Å²) in [5, 5.41) is 0. The molecular weight excluding hydrogens is 242 g/mol. The van der Waals surface area contributed by atoms with Gasteiger partial charge in [-0.3, -0.25) is 0 Å². The van der Waals surface area contributed by atoms with Crippen LogP contribution in [0.4, 0.5) is 5.95 Å². The van der Waals surface area contributed by atoms with Crippen molar-refractivity contribution in [3.05, 3.63) is 18.2 Å². The first-order valence-corrected chi connectivity index (χ1v) is 6.53. The Kier molecular flexibility index (Phi) is 4.27. The lowest BCUT2D eigenvalue weighted by Crippen LogP contribution is -2.06. The number of aromatic nitrogens is 2. The molecular formula is C14H21N3O2. The van der Waals surface area contributed by atoms with Crippen molar-refractivity contribution in [2.45, 2.75) is 32.9 Å². The SMILES string of the molecule is COCCCn1c(N)nc2c(OC(C)C)cccc21. The van der Waals surface area contributed by atoms with Crippen LogP contribution < -0.4 is 10.5 Å². The number of ether oxygens (including phenoxy) is 2. The van der Waals surface area contributed by atoms with E-state index in [-0.39, 0.29) is 6.10 Å². The number of hydrogen-bond donors (Lipinski definition) is 1. The molecule has 0 spiro atoms. The molecule has 2 rings (SSSR count). The number of imidazole rings is 1. The molecule has 0 fully saturated rings. The van der Waals surface area contributed by atoms with E-state index in [1.165, 1.54) is 0 Å². The van der Waals surface area contributed by atoms with Gasteiger partial charge in [0.15, 0.2) is 0 Å². The maximum Gasteiger partial charge on any atom is 0.201 e.